The second-order valence-corrected chi connectivity index (χ2v) is 4.58. The third-order valence-electron chi connectivity index (χ3n) is 2.41. The van der Waals surface area contributed by atoms with Gasteiger partial charge >= 0.3 is 0 Å². The predicted molar refractivity (Wildman–Crippen MR) is 59.9 cm³/mol. The summed E-state index contributed by atoms with van der Waals surface area (Å²) in [5.74, 6) is 0. The second-order valence-electron chi connectivity index (χ2n) is 3.45. The maximum Gasteiger partial charge on any atom is 0.173 e. The Bertz CT molecular complexity index is 311. The average Bonchev–Trinajstić information content (AvgIpc) is 2.86. The van der Waals surface area contributed by atoms with E-state index in [9.17, 15) is 0 Å². The Morgan fingerprint density at radius 2 is 2.21 bits per heavy atom. The summed E-state index contributed by atoms with van der Waals surface area (Å²) in [5, 5.41) is 4.52. The zero-order valence-electron chi connectivity index (χ0n) is 8.32. The first-order valence-electron chi connectivity index (χ1n) is 4.89. The molecule has 0 spiro atoms. The Hall–Kier alpha value is -0.800. The number of thiophene rings is 1. The molecule has 1 heterocycles. The van der Waals surface area contributed by atoms with Gasteiger partial charge in [0, 0.05) is 17.5 Å². The SMILES string of the molecule is COc1ccc(CNC2CC=CC2)s1. The van der Waals surface area contributed by atoms with Crippen LogP contribution in [0.15, 0.2) is 24.3 Å². The van der Waals surface area contributed by atoms with E-state index in [0.29, 0.717) is 6.04 Å². The summed E-state index contributed by atoms with van der Waals surface area (Å²) in [6, 6.07) is 4.79. The van der Waals surface area contributed by atoms with E-state index in [0.717, 1.165) is 11.6 Å². The summed E-state index contributed by atoms with van der Waals surface area (Å²) in [6.07, 6.45) is 6.82. The highest BCUT2D eigenvalue weighted by atomic mass is 32.1. The van der Waals surface area contributed by atoms with Crippen LogP contribution in [0.3, 0.4) is 0 Å². The molecule has 0 aromatic carbocycles. The van der Waals surface area contributed by atoms with Crippen LogP contribution in [0, 0.1) is 0 Å². The molecule has 76 valence electrons. The summed E-state index contributed by atoms with van der Waals surface area (Å²) >= 11 is 1.71. The molecule has 0 atom stereocenters. The molecule has 14 heavy (non-hydrogen) atoms. The van der Waals surface area contributed by atoms with Crippen LogP contribution in [0.1, 0.15) is 17.7 Å². The van der Waals surface area contributed by atoms with Crippen molar-refractivity contribution in [1.82, 2.24) is 5.32 Å². The minimum Gasteiger partial charge on any atom is -0.487 e. The van der Waals surface area contributed by atoms with Crippen LogP contribution in [0.25, 0.3) is 0 Å². The molecule has 0 fully saturated rings. The lowest BCUT2D eigenvalue weighted by molar-refractivity contribution is 0.427. The zero-order chi connectivity index (χ0) is 9.80. The van der Waals surface area contributed by atoms with Crippen molar-refractivity contribution >= 4 is 11.3 Å². The molecule has 1 aliphatic carbocycles. The molecule has 0 bridgehead atoms. The van der Waals surface area contributed by atoms with Gasteiger partial charge in [-0.1, -0.05) is 12.2 Å². The number of nitrogens with one attached hydrogen (secondary N) is 1. The molecule has 1 aromatic rings. The van der Waals surface area contributed by atoms with Crippen molar-refractivity contribution in [2.45, 2.75) is 25.4 Å². The molecule has 0 amide bonds. The van der Waals surface area contributed by atoms with Gasteiger partial charge < -0.3 is 10.1 Å². The summed E-state index contributed by atoms with van der Waals surface area (Å²) in [5.41, 5.74) is 0. The van der Waals surface area contributed by atoms with Gasteiger partial charge in [0.15, 0.2) is 5.06 Å². The summed E-state index contributed by atoms with van der Waals surface area (Å²) in [7, 11) is 1.71. The zero-order valence-corrected chi connectivity index (χ0v) is 9.14. The third kappa shape index (κ3) is 2.36. The fraction of sp³-hybridized carbons (Fsp3) is 0.455. The van der Waals surface area contributed by atoms with Crippen molar-refractivity contribution in [3.63, 3.8) is 0 Å². The summed E-state index contributed by atoms with van der Waals surface area (Å²) in [6.45, 7) is 0.959. The Labute approximate surface area is 88.6 Å². The van der Waals surface area contributed by atoms with Crippen molar-refractivity contribution < 1.29 is 4.74 Å². The third-order valence-corrected chi connectivity index (χ3v) is 3.46. The molecule has 2 nitrogen and oxygen atoms in total. The summed E-state index contributed by atoms with van der Waals surface area (Å²) in [4.78, 5) is 1.34. The monoisotopic (exact) mass is 209 g/mol. The lowest BCUT2D eigenvalue weighted by Gasteiger charge is -2.09. The Morgan fingerprint density at radius 3 is 2.86 bits per heavy atom. The average molecular weight is 209 g/mol. The molecule has 1 aliphatic rings. The first-order chi connectivity index (χ1) is 6.88. The van der Waals surface area contributed by atoms with E-state index in [4.69, 9.17) is 4.74 Å². The van der Waals surface area contributed by atoms with E-state index in [1.165, 1.54) is 17.7 Å². The van der Waals surface area contributed by atoms with Gasteiger partial charge in [-0.3, -0.25) is 0 Å². The maximum atomic E-state index is 5.15. The smallest absolute Gasteiger partial charge is 0.173 e. The van der Waals surface area contributed by atoms with E-state index in [2.05, 4.69) is 23.5 Å². The quantitative estimate of drug-likeness (QED) is 0.769. The van der Waals surface area contributed by atoms with Crippen LogP contribution in [0.4, 0.5) is 0 Å². The fourth-order valence-electron chi connectivity index (χ4n) is 1.59. The topological polar surface area (TPSA) is 21.3 Å². The standard InChI is InChI=1S/C11H15NOS/c1-13-11-7-6-10(14-11)8-12-9-4-2-3-5-9/h2-3,6-7,9,12H,4-5,8H2,1H3. The molecule has 0 aliphatic heterocycles. The molecule has 1 N–H and O–H groups in total. The Balaban J connectivity index is 1.79. The number of methoxy groups -OCH3 is 1. The predicted octanol–water partition coefficient (Wildman–Crippen LogP) is 2.56. The van der Waals surface area contributed by atoms with E-state index in [-0.39, 0.29) is 0 Å². The van der Waals surface area contributed by atoms with Gasteiger partial charge in [0.1, 0.15) is 0 Å². The number of ether oxygens (including phenoxy) is 1. The van der Waals surface area contributed by atoms with E-state index >= 15 is 0 Å². The van der Waals surface area contributed by atoms with Gasteiger partial charge in [-0.2, -0.15) is 0 Å². The second kappa shape index (κ2) is 4.62. The van der Waals surface area contributed by atoms with Crippen LogP contribution in [-0.2, 0) is 6.54 Å². The molecule has 0 saturated carbocycles. The highest BCUT2D eigenvalue weighted by Gasteiger charge is 2.09. The van der Waals surface area contributed by atoms with Gasteiger partial charge in [0.2, 0.25) is 0 Å². The van der Waals surface area contributed by atoms with Gasteiger partial charge in [-0.25, -0.2) is 0 Å². The molecule has 0 saturated heterocycles. The van der Waals surface area contributed by atoms with Crippen LogP contribution in [-0.4, -0.2) is 13.2 Å². The Morgan fingerprint density at radius 1 is 1.43 bits per heavy atom. The minimum atomic E-state index is 0.642. The highest BCUT2D eigenvalue weighted by Crippen LogP contribution is 2.24. The molecule has 0 unspecified atom stereocenters. The molecule has 1 aromatic heterocycles. The minimum absolute atomic E-state index is 0.642. The number of rotatable bonds is 4. The molecule has 0 radical (unpaired) electrons. The summed E-state index contributed by atoms with van der Waals surface area (Å²) < 4.78 is 5.15. The normalized spacial score (nSPS) is 16.4. The molecular weight excluding hydrogens is 194 g/mol. The van der Waals surface area contributed by atoms with Crippen molar-refractivity contribution in [2.75, 3.05) is 7.11 Å². The van der Waals surface area contributed by atoms with Gasteiger partial charge in [0.05, 0.1) is 7.11 Å². The van der Waals surface area contributed by atoms with Gasteiger partial charge in [-0.15, -0.1) is 11.3 Å². The molecule has 3 heteroatoms. The van der Waals surface area contributed by atoms with Crippen molar-refractivity contribution in [2.24, 2.45) is 0 Å². The number of hydrogen-bond donors (Lipinski definition) is 1. The van der Waals surface area contributed by atoms with Gasteiger partial charge in [-0.05, 0) is 25.0 Å². The van der Waals surface area contributed by atoms with E-state index in [1.807, 2.05) is 6.07 Å². The number of hydrogen-bond acceptors (Lipinski definition) is 3. The van der Waals surface area contributed by atoms with Crippen LogP contribution in [0.2, 0.25) is 0 Å². The van der Waals surface area contributed by atoms with Crippen molar-refractivity contribution in [3.05, 3.63) is 29.2 Å². The van der Waals surface area contributed by atoms with Gasteiger partial charge in [0.25, 0.3) is 0 Å². The van der Waals surface area contributed by atoms with E-state index in [1.54, 1.807) is 18.4 Å². The lowest BCUT2D eigenvalue weighted by atomic mass is 10.2. The molecule has 2 rings (SSSR count). The first-order valence-corrected chi connectivity index (χ1v) is 5.71. The Kier molecular flexibility index (Phi) is 3.22. The molecular formula is C11H15NOS. The highest BCUT2D eigenvalue weighted by molar-refractivity contribution is 7.13. The van der Waals surface area contributed by atoms with Crippen molar-refractivity contribution in [1.29, 1.82) is 0 Å². The maximum absolute atomic E-state index is 5.15. The largest absolute Gasteiger partial charge is 0.487 e. The fourth-order valence-corrected chi connectivity index (χ4v) is 2.36. The van der Waals surface area contributed by atoms with Crippen LogP contribution >= 0.6 is 11.3 Å². The van der Waals surface area contributed by atoms with Crippen LogP contribution < -0.4 is 10.1 Å². The van der Waals surface area contributed by atoms with Crippen LogP contribution in [0.5, 0.6) is 5.06 Å². The lowest BCUT2D eigenvalue weighted by Crippen LogP contribution is -2.25. The van der Waals surface area contributed by atoms with Crippen molar-refractivity contribution in [3.8, 4) is 5.06 Å². The first kappa shape index (κ1) is 9.74. The van der Waals surface area contributed by atoms with E-state index < -0.39 is 0 Å².